The minimum Gasteiger partial charge on any atom is -0.371 e. The summed E-state index contributed by atoms with van der Waals surface area (Å²) < 4.78 is 38.6. The predicted octanol–water partition coefficient (Wildman–Crippen LogP) is 4.46. The lowest BCUT2D eigenvalue weighted by Gasteiger charge is -2.42. The maximum Gasteiger partial charge on any atom is 0.416 e. The number of alkyl halides is 3. The Morgan fingerprint density at radius 2 is 1.72 bits per heavy atom. The molecule has 2 N–H and O–H groups in total. The summed E-state index contributed by atoms with van der Waals surface area (Å²) >= 11 is 0. The van der Waals surface area contributed by atoms with Crippen LogP contribution in [-0.4, -0.2) is 37.1 Å². The van der Waals surface area contributed by atoms with E-state index in [0.717, 1.165) is 50.9 Å². The van der Waals surface area contributed by atoms with E-state index in [9.17, 15) is 18.0 Å². The number of piperidine rings is 1. The molecule has 2 aromatic carbocycles. The first-order valence-electron chi connectivity index (χ1n) is 11.3. The van der Waals surface area contributed by atoms with Gasteiger partial charge in [0.2, 0.25) is 5.91 Å². The van der Waals surface area contributed by atoms with Crippen LogP contribution in [0.3, 0.4) is 0 Å². The first-order valence-corrected chi connectivity index (χ1v) is 11.3. The van der Waals surface area contributed by atoms with Crippen molar-refractivity contribution in [3.05, 3.63) is 65.2 Å². The number of hydrogen-bond acceptors (Lipinski definition) is 3. The van der Waals surface area contributed by atoms with Gasteiger partial charge in [-0.1, -0.05) is 36.4 Å². The molecule has 4 nitrogen and oxygen atoms in total. The zero-order valence-electron chi connectivity index (χ0n) is 18.3. The van der Waals surface area contributed by atoms with Crippen LogP contribution in [0.25, 0.3) is 0 Å². The molecule has 1 heterocycles. The number of nitrogens with zero attached hydrogens (tertiary/aromatic N) is 1. The van der Waals surface area contributed by atoms with Gasteiger partial charge in [0, 0.05) is 36.9 Å². The Labute approximate surface area is 187 Å². The number of carbonyl (C=O) groups is 1. The standard InChI is InChI=1S/C25H30F3N3O/c1-17-5-2-3-8-23(17)31-13-11-20(12-14-31)29-21-9-10-22(21)30-24(32)16-18-6-4-7-19(15-18)25(26,27)28/h2-8,15,20-22,29H,9-14,16H2,1H3,(H,30,32)/t21-,22+/m1/s1. The first kappa shape index (κ1) is 22.6. The van der Waals surface area contributed by atoms with Crippen molar-refractivity contribution >= 4 is 11.6 Å². The van der Waals surface area contributed by atoms with E-state index in [1.54, 1.807) is 6.07 Å². The third-order valence-electron chi connectivity index (χ3n) is 6.64. The topological polar surface area (TPSA) is 44.4 Å². The van der Waals surface area contributed by atoms with E-state index in [1.807, 2.05) is 0 Å². The van der Waals surface area contributed by atoms with E-state index in [4.69, 9.17) is 0 Å². The molecule has 1 amide bonds. The van der Waals surface area contributed by atoms with Crippen LogP contribution in [0.1, 0.15) is 42.4 Å². The number of carbonyl (C=O) groups excluding carboxylic acids is 1. The molecule has 1 saturated carbocycles. The van der Waals surface area contributed by atoms with E-state index >= 15 is 0 Å². The molecule has 0 unspecified atom stereocenters. The van der Waals surface area contributed by atoms with Gasteiger partial charge in [-0.15, -0.1) is 0 Å². The smallest absolute Gasteiger partial charge is 0.371 e. The van der Waals surface area contributed by atoms with Gasteiger partial charge < -0.3 is 15.5 Å². The molecule has 2 fully saturated rings. The van der Waals surface area contributed by atoms with E-state index < -0.39 is 11.7 Å². The lowest BCUT2D eigenvalue weighted by molar-refractivity contribution is -0.137. The van der Waals surface area contributed by atoms with Crippen LogP contribution < -0.4 is 15.5 Å². The summed E-state index contributed by atoms with van der Waals surface area (Å²) in [7, 11) is 0. The molecule has 32 heavy (non-hydrogen) atoms. The number of rotatable bonds is 6. The fourth-order valence-electron chi connectivity index (χ4n) is 4.68. The summed E-state index contributed by atoms with van der Waals surface area (Å²) in [5.74, 6) is -0.227. The monoisotopic (exact) mass is 445 g/mol. The van der Waals surface area contributed by atoms with Gasteiger partial charge in [-0.3, -0.25) is 4.79 Å². The van der Waals surface area contributed by atoms with Crippen molar-refractivity contribution in [2.24, 2.45) is 0 Å². The van der Waals surface area contributed by atoms with Crippen molar-refractivity contribution < 1.29 is 18.0 Å². The summed E-state index contributed by atoms with van der Waals surface area (Å²) in [5.41, 5.74) is 2.25. The third kappa shape index (κ3) is 5.44. The van der Waals surface area contributed by atoms with Gasteiger partial charge >= 0.3 is 6.18 Å². The van der Waals surface area contributed by atoms with Gasteiger partial charge in [0.1, 0.15) is 0 Å². The fourth-order valence-corrected chi connectivity index (χ4v) is 4.68. The molecule has 1 saturated heterocycles. The van der Waals surface area contributed by atoms with E-state index in [2.05, 4.69) is 46.7 Å². The van der Waals surface area contributed by atoms with Crippen LogP contribution in [0.2, 0.25) is 0 Å². The Morgan fingerprint density at radius 3 is 2.38 bits per heavy atom. The van der Waals surface area contributed by atoms with Crippen molar-refractivity contribution in [2.75, 3.05) is 18.0 Å². The van der Waals surface area contributed by atoms with Gasteiger partial charge in [-0.2, -0.15) is 13.2 Å². The lowest BCUT2D eigenvalue weighted by atomic mass is 9.84. The van der Waals surface area contributed by atoms with Gasteiger partial charge in [0.25, 0.3) is 0 Å². The van der Waals surface area contributed by atoms with Crippen LogP contribution in [0.5, 0.6) is 0 Å². The molecule has 0 bridgehead atoms. The Kier molecular flexibility index (Phi) is 6.74. The number of aryl methyl sites for hydroxylation is 1. The minimum absolute atomic E-state index is 0.0397. The summed E-state index contributed by atoms with van der Waals surface area (Å²) in [5, 5.41) is 6.71. The number of hydrogen-bond donors (Lipinski definition) is 2. The molecule has 7 heteroatoms. The fraction of sp³-hybridized carbons (Fsp3) is 0.480. The number of halogens is 3. The molecule has 0 radical (unpaired) electrons. The number of para-hydroxylation sites is 1. The van der Waals surface area contributed by atoms with Gasteiger partial charge in [0.15, 0.2) is 0 Å². The van der Waals surface area contributed by atoms with E-state index in [0.29, 0.717) is 11.6 Å². The molecule has 1 aliphatic heterocycles. The molecule has 172 valence electrons. The maximum absolute atomic E-state index is 12.9. The molecule has 1 aliphatic carbocycles. The highest BCUT2D eigenvalue weighted by Gasteiger charge is 2.34. The zero-order valence-corrected chi connectivity index (χ0v) is 18.3. The number of benzene rings is 2. The van der Waals surface area contributed by atoms with Crippen molar-refractivity contribution in [1.29, 1.82) is 0 Å². The Bertz CT molecular complexity index is 938. The van der Waals surface area contributed by atoms with Crippen molar-refractivity contribution in [2.45, 2.75) is 63.3 Å². The molecule has 0 aromatic heterocycles. The molecule has 0 spiro atoms. The number of anilines is 1. The van der Waals surface area contributed by atoms with Crippen LogP contribution in [0, 0.1) is 6.92 Å². The second-order valence-corrected chi connectivity index (χ2v) is 8.95. The van der Waals surface area contributed by atoms with E-state index in [1.165, 1.54) is 17.3 Å². The highest BCUT2D eigenvalue weighted by Crippen LogP contribution is 2.30. The van der Waals surface area contributed by atoms with Gasteiger partial charge in [-0.25, -0.2) is 0 Å². The summed E-state index contributed by atoms with van der Waals surface area (Å²) in [6, 6.07) is 14.1. The van der Waals surface area contributed by atoms with Gasteiger partial charge in [-0.05, 0) is 55.9 Å². The SMILES string of the molecule is Cc1ccccc1N1CCC(N[C@@H]2CC[C@@H]2NC(=O)Cc2cccc(C(F)(F)F)c2)CC1. The van der Waals surface area contributed by atoms with Crippen LogP contribution >= 0.6 is 0 Å². The molecule has 2 aromatic rings. The lowest BCUT2D eigenvalue weighted by Crippen LogP contribution is -2.60. The zero-order chi connectivity index (χ0) is 22.7. The normalized spacial score (nSPS) is 21.8. The highest BCUT2D eigenvalue weighted by molar-refractivity contribution is 5.79. The van der Waals surface area contributed by atoms with E-state index in [-0.39, 0.29) is 24.4 Å². The first-order chi connectivity index (χ1) is 15.3. The average molecular weight is 446 g/mol. The Balaban J connectivity index is 1.24. The van der Waals surface area contributed by atoms with Crippen LogP contribution in [0.15, 0.2) is 48.5 Å². The quantitative estimate of drug-likeness (QED) is 0.690. The predicted molar refractivity (Wildman–Crippen MR) is 120 cm³/mol. The minimum atomic E-state index is -4.40. The third-order valence-corrected chi connectivity index (χ3v) is 6.64. The van der Waals surface area contributed by atoms with Crippen LogP contribution in [-0.2, 0) is 17.4 Å². The average Bonchev–Trinajstić information content (AvgIpc) is 2.76. The van der Waals surface area contributed by atoms with Crippen molar-refractivity contribution in [1.82, 2.24) is 10.6 Å². The second kappa shape index (κ2) is 9.53. The summed E-state index contributed by atoms with van der Waals surface area (Å²) in [4.78, 5) is 14.9. The number of amides is 1. The van der Waals surface area contributed by atoms with Gasteiger partial charge in [0.05, 0.1) is 12.0 Å². The Morgan fingerprint density at radius 1 is 1.00 bits per heavy atom. The van der Waals surface area contributed by atoms with Crippen molar-refractivity contribution in [3.8, 4) is 0 Å². The largest absolute Gasteiger partial charge is 0.416 e. The summed E-state index contributed by atoms with van der Waals surface area (Å²) in [6.45, 7) is 4.14. The summed E-state index contributed by atoms with van der Waals surface area (Å²) in [6.07, 6.45) is -0.432. The highest BCUT2D eigenvalue weighted by atomic mass is 19.4. The number of nitrogens with one attached hydrogen (secondary N) is 2. The second-order valence-electron chi connectivity index (χ2n) is 8.95. The van der Waals surface area contributed by atoms with Crippen LogP contribution in [0.4, 0.5) is 18.9 Å². The molecule has 4 rings (SSSR count). The molecular formula is C25H30F3N3O. The molecular weight excluding hydrogens is 415 g/mol. The molecule has 2 aliphatic rings. The molecule has 2 atom stereocenters. The Hall–Kier alpha value is -2.54. The maximum atomic E-state index is 12.9. The van der Waals surface area contributed by atoms with Crippen molar-refractivity contribution in [3.63, 3.8) is 0 Å².